The second kappa shape index (κ2) is 9.56. The normalized spacial score (nSPS) is 10.1. The Morgan fingerprint density at radius 2 is 1.75 bits per heavy atom. The molecule has 0 saturated heterocycles. The molecule has 0 heterocycles. The topological polar surface area (TPSA) is 79.6 Å². The number of rotatable bonds is 7. The van der Waals surface area contributed by atoms with Crippen molar-refractivity contribution in [3.8, 4) is 11.8 Å². The molecule has 0 unspecified atom stereocenters. The highest BCUT2D eigenvalue weighted by molar-refractivity contribution is 5.94. The van der Waals surface area contributed by atoms with Crippen LogP contribution in [0.3, 0.4) is 0 Å². The molecule has 0 aliphatic rings. The first-order valence-corrected chi connectivity index (χ1v) is 8.93. The third-order valence-electron chi connectivity index (χ3n) is 4.51. The van der Waals surface area contributed by atoms with Crippen molar-refractivity contribution in [2.75, 3.05) is 25.2 Å². The molecule has 28 heavy (non-hydrogen) atoms. The average molecular weight is 380 g/mol. The Balaban J connectivity index is 2.19. The number of carbonyl (C=O) groups excluding carboxylic acids is 2. The fraction of sp³-hybridized carbons (Fsp3) is 0.318. The number of carbonyl (C=O) groups is 2. The van der Waals surface area contributed by atoms with Gasteiger partial charge in [-0.05, 0) is 61.7 Å². The first-order valence-electron chi connectivity index (χ1n) is 8.93. The number of amides is 1. The lowest BCUT2D eigenvalue weighted by molar-refractivity contribution is -0.120. The van der Waals surface area contributed by atoms with E-state index >= 15 is 0 Å². The van der Waals surface area contributed by atoms with Gasteiger partial charge in [0, 0.05) is 12.2 Å². The second-order valence-electron chi connectivity index (χ2n) is 6.48. The Morgan fingerprint density at radius 1 is 1.04 bits per heavy atom. The molecule has 2 aromatic carbocycles. The van der Waals surface area contributed by atoms with Crippen LogP contribution in [0.25, 0.3) is 0 Å². The van der Waals surface area contributed by atoms with Crippen LogP contribution >= 0.6 is 0 Å². The van der Waals surface area contributed by atoms with Crippen molar-refractivity contribution in [2.24, 2.45) is 0 Å². The number of aryl methyl sites for hydroxylation is 3. The largest absolute Gasteiger partial charge is 0.483 e. The zero-order valence-corrected chi connectivity index (χ0v) is 16.6. The molecule has 0 spiro atoms. The molecule has 0 atom stereocenters. The minimum atomic E-state index is -0.470. The highest BCUT2D eigenvalue weighted by Gasteiger charge is 2.18. The molecule has 2 aromatic rings. The molecule has 146 valence electrons. The Kier molecular flexibility index (Phi) is 7.16. The Hall–Kier alpha value is -3.33. The molecule has 2 rings (SSSR count). The molecule has 1 amide bonds. The van der Waals surface area contributed by atoms with Crippen LogP contribution in [-0.4, -0.2) is 32.1 Å². The van der Waals surface area contributed by atoms with Gasteiger partial charge in [-0.3, -0.25) is 4.79 Å². The lowest BCUT2D eigenvalue weighted by atomic mass is 10.1. The Bertz CT molecular complexity index is 915. The minimum absolute atomic E-state index is 0.205. The van der Waals surface area contributed by atoms with E-state index in [4.69, 9.17) is 14.7 Å². The van der Waals surface area contributed by atoms with Gasteiger partial charge in [0.05, 0.1) is 25.2 Å². The van der Waals surface area contributed by atoms with Gasteiger partial charge >= 0.3 is 5.97 Å². The molecular formula is C22H24N2O4. The van der Waals surface area contributed by atoms with Crippen LogP contribution < -0.4 is 9.64 Å². The molecule has 6 nitrogen and oxygen atoms in total. The van der Waals surface area contributed by atoms with Crippen LogP contribution in [0.1, 0.15) is 33.5 Å². The molecule has 0 radical (unpaired) electrons. The van der Waals surface area contributed by atoms with Crippen molar-refractivity contribution in [1.82, 2.24) is 0 Å². The van der Waals surface area contributed by atoms with Crippen molar-refractivity contribution in [2.45, 2.75) is 27.2 Å². The van der Waals surface area contributed by atoms with E-state index in [2.05, 4.69) is 6.07 Å². The molecule has 0 saturated carbocycles. The van der Waals surface area contributed by atoms with Gasteiger partial charge in [-0.25, -0.2) is 4.79 Å². The van der Waals surface area contributed by atoms with Gasteiger partial charge in [-0.2, -0.15) is 5.26 Å². The van der Waals surface area contributed by atoms with Gasteiger partial charge in [-0.1, -0.05) is 12.1 Å². The summed E-state index contributed by atoms with van der Waals surface area (Å²) >= 11 is 0. The summed E-state index contributed by atoms with van der Waals surface area (Å²) in [6, 6.07) is 12.7. The van der Waals surface area contributed by atoms with E-state index in [-0.39, 0.29) is 25.5 Å². The summed E-state index contributed by atoms with van der Waals surface area (Å²) in [5, 5.41) is 8.93. The number of methoxy groups -OCH3 is 1. The zero-order valence-electron chi connectivity index (χ0n) is 16.6. The van der Waals surface area contributed by atoms with E-state index in [1.54, 1.807) is 23.1 Å². The highest BCUT2D eigenvalue weighted by atomic mass is 16.5. The molecule has 0 aromatic heterocycles. The molecule has 0 N–H and O–H groups in total. The maximum absolute atomic E-state index is 12.8. The van der Waals surface area contributed by atoms with Crippen molar-refractivity contribution >= 4 is 17.6 Å². The summed E-state index contributed by atoms with van der Waals surface area (Å²) in [5.74, 6) is -0.292. The van der Waals surface area contributed by atoms with E-state index in [0.717, 1.165) is 22.4 Å². The number of benzene rings is 2. The smallest absolute Gasteiger partial charge is 0.337 e. The summed E-state index contributed by atoms with van der Waals surface area (Å²) in [4.78, 5) is 26.1. The van der Waals surface area contributed by atoms with Gasteiger partial charge in [0.15, 0.2) is 6.61 Å². The lowest BCUT2D eigenvalue weighted by Gasteiger charge is -2.23. The Morgan fingerprint density at radius 3 is 2.39 bits per heavy atom. The van der Waals surface area contributed by atoms with Gasteiger partial charge in [0.1, 0.15) is 5.75 Å². The molecular weight excluding hydrogens is 356 g/mol. The Labute approximate surface area is 165 Å². The van der Waals surface area contributed by atoms with E-state index in [9.17, 15) is 9.59 Å². The summed E-state index contributed by atoms with van der Waals surface area (Å²) in [5.41, 5.74) is 4.07. The van der Waals surface area contributed by atoms with Gasteiger partial charge < -0.3 is 14.4 Å². The van der Waals surface area contributed by atoms with Crippen LogP contribution in [0, 0.1) is 32.1 Å². The van der Waals surface area contributed by atoms with Crippen molar-refractivity contribution < 1.29 is 19.1 Å². The van der Waals surface area contributed by atoms with Gasteiger partial charge in [-0.15, -0.1) is 0 Å². The predicted molar refractivity (Wildman–Crippen MR) is 107 cm³/mol. The monoisotopic (exact) mass is 380 g/mol. The number of ether oxygens (including phenoxy) is 2. The first kappa shape index (κ1) is 21.0. The summed E-state index contributed by atoms with van der Waals surface area (Å²) in [6.07, 6.45) is 0.218. The number of nitrogens with zero attached hydrogens (tertiary/aromatic N) is 2. The van der Waals surface area contributed by atoms with E-state index < -0.39 is 5.97 Å². The number of hydrogen-bond donors (Lipinski definition) is 0. The fourth-order valence-electron chi connectivity index (χ4n) is 2.67. The summed E-state index contributed by atoms with van der Waals surface area (Å²) in [6.45, 7) is 5.88. The number of anilines is 1. The standard InChI is InChI=1S/C22H24N2O4/c1-15-7-9-19(12-17(15)3)24(11-5-10-23)21(25)14-28-20-13-18(22(26)27-4)8-6-16(20)2/h6-9,12-13H,5,11,14H2,1-4H3. The number of esters is 1. The van der Waals surface area contributed by atoms with Crippen LogP contribution in [0.15, 0.2) is 36.4 Å². The molecule has 0 aliphatic carbocycles. The lowest BCUT2D eigenvalue weighted by Crippen LogP contribution is -2.36. The van der Waals surface area contributed by atoms with E-state index in [0.29, 0.717) is 11.3 Å². The summed E-state index contributed by atoms with van der Waals surface area (Å²) in [7, 11) is 1.31. The quantitative estimate of drug-likeness (QED) is 0.684. The highest BCUT2D eigenvalue weighted by Crippen LogP contribution is 2.22. The number of hydrogen-bond acceptors (Lipinski definition) is 5. The third kappa shape index (κ3) is 5.10. The minimum Gasteiger partial charge on any atom is -0.483 e. The van der Waals surface area contributed by atoms with Crippen LogP contribution in [0.2, 0.25) is 0 Å². The molecule has 0 fully saturated rings. The van der Waals surface area contributed by atoms with Gasteiger partial charge in [0.25, 0.3) is 5.91 Å². The zero-order chi connectivity index (χ0) is 20.7. The molecule has 6 heteroatoms. The fourth-order valence-corrected chi connectivity index (χ4v) is 2.67. The summed E-state index contributed by atoms with van der Waals surface area (Å²) < 4.78 is 10.4. The SMILES string of the molecule is COC(=O)c1ccc(C)c(OCC(=O)N(CCC#N)c2ccc(C)c(C)c2)c1. The maximum atomic E-state index is 12.8. The molecule has 0 bridgehead atoms. The first-order chi connectivity index (χ1) is 13.4. The predicted octanol–water partition coefficient (Wildman–Crippen LogP) is 3.72. The van der Waals surface area contributed by atoms with Crippen molar-refractivity contribution in [3.05, 3.63) is 58.7 Å². The maximum Gasteiger partial charge on any atom is 0.337 e. The average Bonchev–Trinajstić information content (AvgIpc) is 2.69. The van der Waals surface area contributed by atoms with E-state index in [1.165, 1.54) is 7.11 Å². The van der Waals surface area contributed by atoms with Crippen molar-refractivity contribution in [3.63, 3.8) is 0 Å². The van der Waals surface area contributed by atoms with Crippen molar-refractivity contribution in [1.29, 1.82) is 5.26 Å². The van der Waals surface area contributed by atoms with Crippen LogP contribution in [0.4, 0.5) is 5.69 Å². The molecule has 0 aliphatic heterocycles. The van der Waals surface area contributed by atoms with Gasteiger partial charge in [0.2, 0.25) is 0 Å². The van der Waals surface area contributed by atoms with E-state index in [1.807, 2.05) is 39.0 Å². The second-order valence-corrected chi connectivity index (χ2v) is 6.48. The van der Waals surface area contributed by atoms with Crippen LogP contribution in [-0.2, 0) is 9.53 Å². The van der Waals surface area contributed by atoms with Crippen LogP contribution in [0.5, 0.6) is 5.75 Å². The number of nitriles is 1. The third-order valence-corrected chi connectivity index (χ3v) is 4.51.